The van der Waals surface area contributed by atoms with Gasteiger partial charge in [-0.2, -0.15) is 0 Å². The van der Waals surface area contributed by atoms with Gasteiger partial charge >= 0.3 is 5.63 Å². The highest BCUT2D eigenvalue weighted by atomic mass is 16.5. The summed E-state index contributed by atoms with van der Waals surface area (Å²) in [5.74, 6) is 0.981. The summed E-state index contributed by atoms with van der Waals surface area (Å²) in [4.78, 5) is 24.8. The Morgan fingerprint density at radius 1 is 1.03 bits per heavy atom. The lowest BCUT2D eigenvalue weighted by Crippen LogP contribution is -2.31. The third-order valence-electron chi connectivity index (χ3n) is 4.93. The molecule has 0 unspecified atom stereocenters. The standard InChI is InChI=1S/C25H23N3O6/c1-3-32-21-6-4-5-17-15-19(25(30)34-23(17)21)24(29)26-13-14-33-22-12-11-20(27-28-22)16-7-9-18(31-2)10-8-16/h4-12,15H,3,13-14H2,1-2H3,(H,26,29). The number of para-hydroxylation sites is 1. The van der Waals surface area contributed by atoms with Crippen LogP contribution in [0.25, 0.3) is 22.2 Å². The zero-order valence-electron chi connectivity index (χ0n) is 18.7. The molecule has 0 radical (unpaired) electrons. The van der Waals surface area contributed by atoms with Crippen LogP contribution in [0.5, 0.6) is 17.4 Å². The van der Waals surface area contributed by atoms with E-state index in [0.29, 0.717) is 34.9 Å². The molecule has 2 aromatic heterocycles. The smallest absolute Gasteiger partial charge is 0.349 e. The number of amides is 1. The molecule has 0 atom stereocenters. The Kier molecular flexibility index (Phi) is 7.02. The van der Waals surface area contributed by atoms with Crippen LogP contribution in [0.4, 0.5) is 0 Å². The molecule has 2 heterocycles. The van der Waals surface area contributed by atoms with Crippen molar-refractivity contribution in [2.24, 2.45) is 0 Å². The molecule has 9 nitrogen and oxygen atoms in total. The van der Waals surface area contributed by atoms with Gasteiger partial charge in [0.1, 0.15) is 17.9 Å². The van der Waals surface area contributed by atoms with Gasteiger partial charge in [-0.15, -0.1) is 10.2 Å². The maximum absolute atomic E-state index is 12.5. The van der Waals surface area contributed by atoms with Gasteiger partial charge in [-0.1, -0.05) is 12.1 Å². The van der Waals surface area contributed by atoms with Crippen LogP contribution < -0.4 is 25.2 Å². The number of nitrogens with one attached hydrogen (secondary N) is 1. The molecule has 4 rings (SSSR count). The number of fused-ring (bicyclic) bond motifs is 1. The third-order valence-corrected chi connectivity index (χ3v) is 4.93. The molecule has 0 aliphatic heterocycles. The first-order chi connectivity index (χ1) is 16.6. The summed E-state index contributed by atoms with van der Waals surface area (Å²) in [5, 5.41) is 11.5. The zero-order chi connectivity index (χ0) is 23.9. The first-order valence-electron chi connectivity index (χ1n) is 10.7. The fraction of sp³-hybridized carbons (Fsp3) is 0.200. The zero-order valence-corrected chi connectivity index (χ0v) is 18.7. The molecule has 1 N–H and O–H groups in total. The van der Waals surface area contributed by atoms with E-state index in [2.05, 4.69) is 15.5 Å². The van der Waals surface area contributed by atoms with Crippen LogP contribution in [-0.2, 0) is 0 Å². The highest BCUT2D eigenvalue weighted by molar-refractivity contribution is 5.97. The molecule has 0 saturated heterocycles. The minimum atomic E-state index is -0.738. The van der Waals surface area contributed by atoms with E-state index in [0.717, 1.165) is 11.3 Å². The van der Waals surface area contributed by atoms with Crippen LogP contribution in [0, 0.1) is 0 Å². The Balaban J connectivity index is 1.33. The molecule has 9 heteroatoms. The van der Waals surface area contributed by atoms with Crippen LogP contribution in [0.3, 0.4) is 0 Å². The highest BCUT2D eigenvalue weighted by Crippen LogP contribution is 2.25. The van der Waals surface area contributed by atoms with Gasteiger partial charge in [0.25, 0.3) is 5.91 Å². The number of ether oxygens (including phenoxy) is 3. The summed E-state index contributed by atoms with van der Waals surface area (Å²) < 4.78 is 21.5. The summed E-state index contributed by atoms with van der Waals surface area (Å²) in [7, 11) is 1.61. The number of nitrogens with zero attached hydrogens (tertiary/aromatic N) is 2. The molecule has 0 spiro atoms. The average molecular weight is 461 g/mol. The van der Waals surface area contributed by atoms with E-state index >= 15 is 0 Å². The Hall–Kier alpha value is -4.40. The number of hydrogen-bond acceptors (Lipinski definition) is 8. The summed E-state index contributed by atoms with van der Waals surface area (Å²) >= 11 is 0. The Morgan fingerprint density at radius 2 is 1.85 bits per heavy atom. The van der Waals surface area contributed by atoms with Gasteiger partial charge in [-0.05, 0) is 49.4 Å². The normalized spacial score (nSPS) is 10.6. The third kappa shape index (κ3) is 5.15. The van der Waals surface area contributed by atoms with E-state index in [9.17, 15) is 9.59 Å². The van der Waals surface area contributed by atoms with E-state index in [1.54, 1.807) is 37.4 Å². The molecule has 0 bridgehead atoms. The van der Waals surface area contributed by atoms with E-state index in [1.807, 2.05) is 31.2 Å². The number of methoxy groups -OCH3 is 1. The quantitative estimate of drug-likeness (QED) is 0.298. The van der Waals surface area contributed by atoms with E-state index in [1.165, 1.54) is 6.07 Å². The Bertz CT molecular complexity index is 1330. The second-order valence-corrected chi connectivity index (χ2v) is 7.14. The molecular weight excluding hydrogens is 438 g/mol. The van der Waals surface area contributed by atoms with E-state index < -0.39 is 11.5 Å². The summed E-state index contributed by atoms with van der Waals surface area (Å²) in [6.45, 7) is 2.58. The molecule has 0 saturated carbocycles. The number of carbonyl (C=O) groups is 1. The van der Waals surface area contributed by atoms with Crippen molar-refractivity contribution < 1.29 is 23.4 Å². The minimum Gasteiger partial charge on any atom is -0.497 e. The molecule has 0 aliphatic rings. The monoisotopic (exact) mass is 461 g/mol. The SMILES string of the molecule is CCOc1cccc2cc(C(=O)NCCOc3ccc(-c4ccc(OC)cc4)nn3)c(=O)oc12. The molecule has 174 valence electrons. The predicted octanol–water partition coefficient (Wildman–Crippen LogP) is 3.47. The number of rotatable bonds is 9. The molecule has 0 aliphatic carbocycles. The molecular formula is C25H23N3O6. The first kappa shape index (κ1) is 22.8. The van der Waals surface area contributed by atoms with Crippen molar-refractivity contribution in [2.45, 2.75) is 6.92 Å². The lowest BCUT2D eigenvalue weighted by atomic mass is 10.1. The summed E-state index contributed by atoms with van der Waals surface area (Å²) in [6, 6.07) is 17.7. The van der Waals surface area contributed by atoms with Gasteiger partial charge in [0.2, 0.25) is 5.88 Å². The van der Waals surface area contributed by atoms with Crippen molar-refractivity contribution >= 4 is 16.9 Å². The van der Waals surface area contributed by atoms with Crippen LogP contribution >= 0.6 is 0 Å². The predicted molar refractivity (Wildman–Crippen MR) is 126 cm³/mol. The fourth-order valence-electron chi connectivity index (χ4n) is 3.27. The van der Waals surface area contributed by atoms with Crippen molar-refractivity contribution in [3.63, 3.8) is 0 Å². The topological polar surface area (TPSA) is 113 Å². The lowest BCUT2D eigenvalue weighted by Gasteiger charge is -2.09. The van der Waals surface area contributed by atoms with Crippen molar-refractivity contribution in [3.05, 3.63) is 76.6 Å². The van der Waals surface area contributed by atoms with Gasteiger partial charge < -0.3 is 23.9 Å². The largest absolute Gasteiger partial charge is 0.497 e. The number of carbonyl (C=O) groups excluding carboxylic acids is 1. The lowest BCUT2D eigenvalue weighted by molar-refractivity contribution is 0.0943. The Labute approximate surface area is 195 Å². The van der Waals surface area contributed by atoms with E-state index in [4.69, 9.17) is 18.6 Å². The van der Waals surface area contributed by atoms with Crippen LogP contribution in [-0.4, -0.2) is 43.0 Å². The molecule has 2 aromatic carbocycles. The fourth-order valence-corrected chi connectivity index (χ4v) is 3.27. The molecule has 4 aromatic rings. The van der Waals surface area contributed by atoms with Gasteiger partial charge in [0.05, 0.1) is 26.0 Å². The van der Waals surface area contributed by atoms with Crippen molar-refractivity contribution in [2.75, 3.05) is 26.9 Å². The first-order valence-corrected chi connectivity index (χ1v) is 10.7. The van der Waals surface area contributed by atoms with E-state index in [-0.39, 0.29) is 18.7 Å². The van der Waals surface area contributed by atoms with Crippen LogP contribution in [0.2, 0.25) is 0 Å². The highest BCUT2D eigenvalue weighted by Gasteiger charge is 2.15. The summed E-state index contributed by atoms with van der Waals surface area (Å²) in [5.41, 5.74) is 1.07. The van der Waals surface area contributed by atoms with Gasteiger partial charge in [-0.3, -0.25) is 4.79 Å². The van der Waals surface area contributed by atoms with Crippen molar-refractivity contribution in [1.82, 2.24) is 15.5 Å². The Morgan fingerprint density at radius 3 is 2.56 bits per heavy atom. The second kappa shape index (κ2) is 10.5. The molecule has 1 amide bonds. The molecule has 34 heavy (non-hydrogen) atoms. The number of hydrogen-bond donors (Lipinski definition) is 1. The van der Waals surface area contributed by atoms with Crippen LogP contribution in [0.15, 0.2) is 69.9 Å². The van der Waals surface area contributed by atoms with Gasteiger partial charge in [0, 0.05) is 17.0 Å². The number of benzene rings is 2. The minimum absolute atomic E-state index is 0.0928. The van der Waals surface area contributed by atoms with Crippen molar-refractivity contribution in [1.29, 1.82) is 0 Å². The van der Waals surface area contributed by atoms with Crippen molar-refractivity contribution in [3.8, 4) is 28.6 Å². The maximum atomic E-state index is 12.5. The second-order valence-electron chi connectivity index (χ2n) is 7.14. The average Bonchev–Trinajstić information content (AvgIpc) is 2.87. The van der Waals surface area contributed by atoms with Gasteiger partial charge in [0.15, 0.2) is 11.3 Å². The van der Waals surface area contributed by atoms with Crippen LogP contribution in [0.1, 0.15) is 17.3 Å². The molecule has 0 fully saturated rings. The summed E-state index contributed by atoms with van der Waals surface area (Å²) in [6.07, 6.45) is 0. The maximum Gasteiger partial charge on any atom is 0.349 e. The van der Waals surface area contributed by atoms with Gasteiger partial charge in [-0.25, -0.2) is 4.79 Å². The number of aromatic nitrogens is 2.